The molecule has 0 aliphatic carbocycles. The largest absolute Gasteiger partial charge is 0.417 e. The van der Waals surface area contributed by atoms with Gasteiger partial charge in [0.1, 0.15) is 0 Å². The summed E-state index contributed by atoms with van der Waals surface area (Å²) in [5, 5.41) is 2.38. The molecule has 88 valence electrons. The molecule has 1 aromatic heterocycles. The smallest absolute Gasteiger partial charge is 0.352 e. The highest BCUT2D eigenvalue weighted by molar-refractivity contribution is 5.95. The Morgan fingerprint density at radius 3 is 2.75 bits per heavy atom. The highest BCUT2D eigenvalue weighted by Gasteiger charge is 2.35. The van der Waals surface area contributed by atoms with Crippen LogP contribution in [0.3, 0.4) is 0 Å². The zero-order valence-corrected chi connectivity index (χ0v) is 8.64. The van der Waals surface area contributed by atoms with Gasteiger partial charge in [-0.2, -0.15) is 13.2 Å². The van der Waals surface area contributed by atoms with E-state index in [2.05, 4.69) is 10.3 Å². The summed E-state index contributed by atoms with van der Waals surface area (Å²) in [7, 11) is 0. The van der Waals surface area contributed by atoms with Crippen molar-refractivity contribution in [3.63, 3.8) is 0 Å². The Hall–Kier alpha value is -1.59. The van der Waals surface area contributed by atoms with Crippen LogP contribution in [0.25, 0.3) is 0 Å². The van der Waals surface area contributed by atoms with Crippen molar-refractivity contribution in [1.29, 1.82) is 0 Å². The van der Waals surface area contributed by atoms with Crippen molar-refractivity contribution in [2.24, 2.45) is 0 Å². The summed E-state index contributed by atoms with van der Waals surface area (Å²) in [6, 6.07) is 0.793. The van der Waals surface area contributed by atoms with E-state index in [0.29, 0.717) is 13.0 Å². The number of hydrogen-bond acceptors (Lipinski definition) is 2. The van der Waals surface area contributed by atoms with E-state index in [0.717, 1.165) is 18.5 Å². The lowest BCUT2D eigenvalue weighted by Crippen LogP contribution is -2.27. The van der Waals surface area contributed by atoms with Crippen LogP contribution in [-0.4, -0.2) is 17.4 Å². The summed E-state index contributed by atoms with van der Waals surface area (Å²) >= 11 is 0. The minimum absolute atomic E-state index is 0.338. The average Bonchev–Trinajstić information content (AvgIpc) is 2.24. The Labute approximate surface area is 90.7 Å². The second-order valence-electron chi connectivity index (χ2n) is 3.17. The van der Waals surface area contributed by atoms with Gasteiger partial charge in [-0.15, -0.1) is 0 Å². The molecule has 0 bridgehead atoms. The molecule has 1 heterocycles. The maximum Gasteiger partial charge on any atom is 0.417 e. The van der Waals surface area contributed by atoms with Crippen molar-refractivity contribution in [2.75, 3.05) is 6.54 Å². The van der Waals surface area contributed by atoms with Gasteiger partial charge in [-0.3, -0.25) is 9.78 Å². The van der Waals surface area contributed by atoms with E-state index in [-0.39, 0.29) is 0 Å². The molecule has 0 atom stereocenters. The Kier molecular flexibility index (Phi) is 3.87. The number of rotatable bonds is 3. The number of aromatic nitrogens is 1. The maximum absolute atomic E-state index is 12.5. The number of nitrogens with one attached hydrogen (secondary N) is 1. The van der Waals surface area contributed by atoms with E-state index in [4.69, 9.17) is 0 Å². The number of nitrogens with zero attached hydrogens (tertiary/aromatic N) is 1. The van der Waals surface area contributed by atoms with E-state index in [1.165, 1.54) is 0 Å². The van der Waals surface area contributed by atoms with Crippen LogP contribution >= 0.6 is 0 Å². The van der Waals surface area contributed by atoms with Gasteiger partial charge >= 0.3 is 6.18 Å². The fraction of sp³-hybridized carbons (Fsp3) is 0.400. The first-order chi connectivity index (χ1) is 7.46. The Morgan fingerprint density at radius 1 is 1.50 bits per heavy atom. The molecule has 0 spiro atoms. The summed E-state index contributed by atoms with van der Waals surface area (Å²) in [5.41, 5.74) is -1.40. The van der Waals surface area contributed by atoms with Crippen LogP contribution in [0.2, 0.25) is 0 Å². The van der Waals surface area contributed by atoms with Gasteiger partial charge in [0.25, 0.3) is 5.91 Å². The first-order valence-electron chi connectivity index (χ1n) is 4.76. The molecular weight excluding hydrogens is 221 g/mol. The summed E-state index contributed by atoms with van der Waals surface area (Å²) in [6.07, 6.45) is -1.94. The van der Waals surface area contributed by atoms with Crippen LogP contribution < -0.4 is 5.32 Å². The molecule has 0 fully saturated rings. The standard InChI is InChI=1S/C10H11F3N2O/c1-2-4-15-9(16)7-6-14-5-3-8(7)10(11,12)13/h3,5-6H,2,4H2,1H3,(H,15,16). The quantitative estimate of drug-likeness (QED) is 0.868. The number of amides is 1. The molecule has 0 saturated heterocycles. The van der Waals surface area contributed by atoms with Gasteiger partial charge in [0, 0.05) is 18.9 Å². The van der Waals surface area contributed by atoms with Crippen LogP contribution in [-0.2, 0) is 6.18 Å². The third kappa shape index (κ3) is 2.95. The molecule has 0 unspecified atom stereocenters. The van der Waals surface area contributed by atoms with Crippen LogP contribution in [0.1, 0.15) is 29.3 Å². The number of carbonyl (C=O) groups excluding carboxylic acids is 1. The third-order valence-corrected chi connectivity index (χ3v) is 1.91. The van der Waals surface area contributed by atoms with Crippen molar-refractivity contribution >= 4 is 5.91 Å². The topological polar surface area (TPSA) is 42.0 Å². The number of pyridine rings is 1. The minimum Gasteiger partial charge on any atom is -0.352 e. The highest BCUT2D eigenvalue weighted by Crippen LogP contribution is 2.31. The van der Waals surface area contributed by atoms with Gasteiger partial charge < -0.3 is 5.32 Å². The van der Waals surface area contributed by atoms with Crippen molar-refractivity contribution in [2.45, 2.75) is 19.5 Å². The predicted octanol–water partition coefficient (Wildman–Crippen LogP) is 2.24. The van der Waals surface area contributed by atoms with Gasteiger partial charge in [0.2, 0.25) is 0 Å². The molecule has 1 rings (SSSR count). The molecule has 16 heavy (non-hydrogen) atoms. The lowest BCUT2D eigenvalue weighted by molar-refractivity contribution is -0.138. The average molecular weight is 232 g/mol. The van der Waals surface area contributed by atoms with Gasteiger partial charge in [0.15, 0.2) is 0 Å². The highest BCUT2D eigenvalue weighted by atomic mass is 19.4. The summed E-state index contributed by atoms with van der Waals surface area (Å²) < 4.78 is 37.6. The second-order valence-corrected chi connectivity index (χ2v) is 3.17. The number of carbonyl (C=O) groups is 1. The normalized spacial score (nSPS) is 11.2. The zero-order chi connectivity index (χ0) is 12.2. The van der Waals surface area contributed by atoms with Crippen molar-refractivity contribution in [3.8, 4) is 0 Å². The fourth-order valence-corrected chi connectivity index (χ4v) is 1.16. The van der Waals surface area contributed by atoms with Crippen molar-refractivity contribution < 1.29 is 18.0 Å². The molecule has 0 aromatic carbocycles. The molecule has 6 heteroatoms. The Balaban J connectivity index is 3.00. The van der Waals surface area contributed by atoms with Crippen molar-refractivity contribution in [3.05, 3.63) is 29.6 Å². The van der Waals surface area contributed by atoms with E-state index in [9.17, 15) is 18.0 Å². The van der Waals surface area contributed by atoms with E-state index in [1.54, 1.807) is 0 Å². The Morgan fingerprint density at radius 2 is 2.19 bits per heavy atom. The first kappa shape index (κ1) is 12.5. The van der Waals surface area contributed by atoms with Crippen molar-refractivity contribution in [1.82, 2.24) is 10.3 Å². The molecule has 0 saturated carbocycles. The predicted molar refractivity (Wildman–Crippen MR) is 51.9 cm³/mol. The number of halogens is 3. The summed E-state index contributed by atoms with van der Waals surface area (Å²) in [5.74, 6) is -0.748. The number of alkyl halides is 3. The number of hydrogen-bond donors (Lipinski definition) is 1. The zero-order valence-electron chi connectivity index (χ0n) is 8.64. The van der Waals surface area contributed by atoms with Gasteiger partial charge in [-0.05, 0) is 12.5 Å². The van der Waals surface area contributed by atoms with Gasteiger partial charge in [0.05, 0.1) is 11.1 Å². The lowest BCUT2D eigenvalue weighted by atomic mass is 10.1. The molecule has 1 aromatic rings. The monoisotopic (exact) mass is 232 g/mol. The molecule has 1 N–H and O–H groups in total. The fourth-order valence-electron chi connectivity index (χ4n) is 1.16. The van der Waals surface area contributed by atoms with E-state index >= 15 is 0 Å². The lowest BCUT2D eigenvalue weighted by Gasteiger charge is -2.11. The maximum atomic E-state index is 12.5. The first-order valence-corrected chi connectivity index (χ1v) is 4.76. The van der Waals surface area contributed by atoms with Crippen LogP contribution in [0.4, 0.5) is 13.2 Å². The summed E-state index contributed by atoms with van der Waals surface area (Å²) in [6.45, 7) is 2.15. The third-order valence-electron chi connectivity index (χ3n) is 1.91. The van der Waals surface area contributed by atoms with Crippen LogP contribution in [0, 0.1) is 0 Å². The Bertz CT molecular complexity index is 377. The molecule has 1 amide bonds. The minimum atomic E-state index is -4.54. The van der Waals surface area contributed by atoms with E-state index < -0.39 is 23.2 Å². The molecule has 0 radical (unpaired) electrons. The summed E-state index contributed by atoms with van der Waals surface area (Å²) in [4.78, 5) is 14.9. The second kappa shape index (κ2) is 4.96. The molecular formula is C10H11F3N2O. The SMILES string of the molecule is CCCNC(=O)c1cnccc1C(F)(F)F. The van der Waals surface area contributed by atoms with Crippen LogP contribution in [0.5, 0.6) is 0 Å². The van der Waals surface area contributed by atoms with Crippen LogP contribution in [0.15, 0.2) is 18.5 Å². The molecule has 0 aliphatic heterocycles. The van der Waals surface area contributed by atoms with Gasteiger partial charge in [-0.25, -0.2) is 0 Å². The molecule has 0 aliphatic rings. The molecule has 3 nitrogen and oxygen atoms in total. The van der Waals surface area contributed by atoms with E-state index in [1.807, 2.05) is 6.92 Å². The van der Waals surface area contributed by atoms with Gasteiger partial charge in [-0.1, -0.05) is 6.92 Å².